The van der Waals surface area contributed by atoms with Crippen LogP contribution < -0.4 is 10.6 Å². The maximum Gasteiger partial charge on any atom is 0.315 e. The van der Waals surface area contributed by atoms with Crippen molar-refractivity contribution in [1.82, 2.24) is 15.6 Å². The summed E-state index contributed by atoms with van der Waals surface area (Å²) in [5, 5.41) is 5.68. The zero-order chi connectivity index (χ0) is 13.5. The molecule has 0 aliphatic rings. The normalized spacial score (nSPS) is 10.2. The lowest BCUT2D eigenvalue weighted by molar-refractivity contribution is 0.240. The quantitative estimate of drug-likeness (QED) is 0.881. The van der Waals surface area contributed by atoms with E-state index in [1.807, 2.05) is 42.8 Å². The molecule has 0 unspecified atom stereocenters. The van der Waals surface area contributed by atoms with Crippen LogP contribution in [0.5, 0.6) is 0 Å². The lowest BCUT2D eigenvalue weighted by atomic mass is 10.2. The average molecular weight is 275 g/mol. The Labute approximate surface area is 116 Å². The van der Waals surface area contributed by atoms with Crippen LogP contribution in [0.15, 0.2) is 35.8 Å². The summed E-state index contributed by atoms with van der Waals surface area (Å²) in [6.07, 6.45) is 0.829. The molecule has 19 heavy (non-hydrogen) atoms. The van der Waals surface area contributed by atoms with Crippen molar-refractivity contribution >= 4 is 17.4 Å². The van der Waals surface area contributed by atoms with Crippen molar-refractivity contribution in [2.24, 2.45) is 0 Å². The van der Waals surface area contributed by atoms with Gasteiger partial charge in [0.05, 0.1) is 11.2 Å². The third-order valence-corrected chi connectivity index (χ3v) is 3.77. The second-order valence-corrected chi connectivity index (χ2v) is 5.15. The van der Waals surface area contributed by atoms with E-state index in [0.717, 1.165) is 17.7 Å². The number of nitrogens with one attached hydrogen (secondary N) is 2. The molecule has 1 aromatic carbocycles. The summed E-state index contributed by atoms with van der Waals surface area (Å²) in [5.41, 5.74) is 3.98. The Kier molecular flexibility index (Phi) is 4.92. The molecule has 0 bridgehead atoms. The summed E-state index contributed by atoms with van der Waals surface area (Å²) >= 11 is 1.63. The topological polar surface area (TPSA) is 54.0 Å². The molecule has 1 heterocycles. The number of thiazole rings is 1. The molecular formula is C14H17N3OS. The summed E-state index contributed by atoms with van der Waals surface area (Å²) in [7, 11) is 0. The zero-order valence-corrected chi connectivity index (χ0v) is 11.7. The van der Waals surface area contributed by atoms with Gasteiger partial charge in [-0.3, -0.25) is 0 Å². The molecule has 4 nitrogen and oxygen atoms in total. The first-order valence-corrected chi connectivity index (χ1v) is 7.08. The molecule has 0 fully saturated rings. The van der Waals surface area contributed by atoms with E-state index in [0.29, 0.717) is 13.1 Å². The van der Waals surface area contributed by atoms with Crippen molar-refractivity contribution in [1.29, 1.82) is 0 Å². The smallest absolute Gasteiger partial charge is 0.315 e. The van der Waals surface area contributed by atoms with Gasteiger partial charge in [-0.2, -0.15) is 0 Å². The Morgan fingerprint density at radius 1 is 1.26 bits per heavy atom. The molecule has 2 amide bonds. The fourth-order valence-corrected chi connectivity index (χ4v) is 2.48. The predicted octanol–water partition coefficient (Wildman–Crippen LogP) is 2.49. The number of hydrogen-bond donors (Lipinski definition) is 2. The van der Waals surface area contributed by atoms with Crippen molar-refractivity contribution in [2.45, 2.75) is 19.9 Å². The van der Waals surface area contributed by atoms with Gasteiger partial charge in [0.15, 0.2) is 0 Å². The number of hydrogen-bond acceptors (Lipinski definition) is 3. The van der Waals surface area contributed by atoms with E-state index in [1.165, 1.54) is 4.88 Å². The highest BCUT2D eigenvalue weighted by atomic mass is 32.1. The van der Waals surface area contributed by atoms with Crippen molar-refractivity contribution in [3.63, 3.8) is 0 Å². The second kappa shape index (κ2) is 6.89. The Hall–Kier alpha value is -1.88. The lowest BCUT2D eigenvalue weighted by Crippen LogP contribution is -2.36. The first-order valence-electron chi connectivity index (χ1n) is 6.20. The third kappa shape index (κ3) is 4.37. The average Bonchev–Trinajstić information content (AvgIpc) is 2.83. The summed E-state index contributed by atoms with van der Waals surface area (Å²) in [6, 6.07) is 9.72. The van der Waals surface area contributed by atoms with Crippen LogP contribution >= 0.6 is 11.3 Å². The maximum absolute atomic E-state index is 11.6. The van der Waals surface area contributed by atoms with E-state index in [2.05, 4.69) is 15.6 Å². The molecule has 2 N–H and O–H groups in total. The first kappa shape index (κ1) is 13.5. The molecule has 0 saturated heterocycles. The van der Waals surface area contributed by atoms with Crippen LogP contribution in [0.4, 0.5) is 4.79 Å². The third-order valence-electron chi connectivity index (χ3n) is 2.78. The molecule has 0 spiro atoms. The Bertz CT molecular complexity index is 524. The van der Waals surface area contributed by atoms with E-state index in [-0.39, 0.29) is 6.03 Å². The molecule has 0 saturated carbocycles. The van der Waals surface area contributed by atoms with Gasteiger partial charge < -0.3 is 10.6 Å². The number of urea groups is 1. The van der Waals surface area contributed by atoms with Crippen LogP contribution in [-0.4, -0.2) is 17.6 Å². The van der Waals surface area contributed by atoms with E-state index in [1.54, 1.807) is 11.3 Å². The number of carbonyl (C=O) groups is 1. The predicted molar refractivity (Wildman–Crippen MR) is 77.2 cm³/mol. The van der Waals surface area contributed by atoms with Gasteiger partial charge in [0.2, 0.25) is 0 Å². The minimum Gasteiger partial charge on any atom is -0.338 e. The van der Waals surface area contributed by atoms with Gasteiger partial charge in [0, 0.05) is 24.4 Å². The molecule has 0 aliphatic heterocycles. The summed E-state index contributed by atoms with van der Waals surface area (Å²) < 4.78 is 0. The molecule has 0 atom stereocenters. The number of carbonyl (C=O) groups excluding carboxylic acids is 1. The van der Waals surface area contributed by atoms with Gasteiger partial charge in [-0.25, -0.2) is 9.78 Å². The Morgan fingerprint density at radius 2 is 2.05 bits per heavy atom. The van der Waals surface area contributed by atoms with Gasteiger partial charge in [-0.1, -0.05) is 30.3 Å². The fraction of sp³-hybridized carbons (Fsp3) is 0.286. The highest BCUT2D eigenvalue weighted by Crippen LogP contribution is 2.11. The van der Waals surface area contributed by atoms with Gasteiger partial charge in [0.1, 0.15) is 0 Å². The van der Waals surface area contributed by atoms with Crippen LogP contribution in [0.2, 0.25) is 0 Å². The molecule has 5 heteroatoms. The van der Waals surface area contributed by atoms with Crippen molar-refractivity contribution < 1.29 is 4.79 Å². The van der Waals surface area contributed by atoms with Gasteiger partial charge in [0.25, 0.3) is 0 Å². The molecule has 2 rings (SSSR count). The van der Waals surface area contributed by atoms with Gasteiger partial charge >= 0.3 is 6.03 Å². The molecule has 1 aromatic heterocycles. The molecule has 0 aliphatic carbocycles. The summed E-state index contributed by atoms with van der Waals surface area (Å²) in [6.45, 7) is 3.16. The van der Waals surface area contributed by atoms with E-state index in [9.17, 15) is 4.79 Å². The minimum absolute atomic E-state index is 0.133. The minimum atomic E-state index is -0.133. The van der Waals surface area contributed by atoms with Crippen molar-refractivity contribution in [3.8, 4) is 0 Å². The van der Waals surface area contributed by atoms with Crippen LogP contribution in [0.1, 0.15) is 16.1 Å². The van der Waals surface area contributed by atoms with Gasteiger partial charge in [-0.15, -0.1) is 11.3 Å². The SMILES string of the molecule is Cc1ncsc1CCNC(=O)NCc1ccccc1. The Balaban J connectivity index is 1.66. The monoisotopic (exact) mass is 275 g/mol. The van der Waals surface area contributed by atoms with E-state index >= 15 is 0 Å². The summed E-state index contributed by atoms with van der Waals surface area (Å²) in [4.78, 5) is 17.0. The number of aromatic nitrogens is 1. The van der Waals surface area contributed by atoms with E-state index in [4.69, 9.17) is 0 Å². The van der Waals surface area contributed by atoms with Crippen molar-refractivity contribution in [2.75, 3.05) is 6.54 Å². The van der Waals surface area contributed by atoms with Crippen LogP contribution in [0.25, 0.3) is 0 Å². The number of amides is 2. The molecular weight excluding hydrogens is 258 g/mol. The number of aryl methyl sites for hydroxylation is 1. The molecule has 100 valence electrons. The first-order chi connectivity index (χ1) is 9.25. The highest BCUT2D eigenvalue weighted by molar-refractivity contribution is 7.09. The number of rotatable bonds is 5. The highest BCUT2D eigenvalue weighted by Gasteiger charge is 2.03. The number of benzene rings is 1. The van der Waals surface area contributed by atoms with Crippen LogP contribution in [0.3, 0.4) is 0 Å². The molecule has 2 aromatic rings. The van der Waals surface area contributed by atoms with E-state index < -0.39 is 0 Å². The maximum atomic E-state index is 11.6. The Morgan fingerprint density at radius 3 is 2.74 bits per heavy atom. The summed E-state index contributed by atoms with van der Waals surface area (Å²) in [5.74, 6) is 0. The van der Waals surface area contributed by atoms with Crippen LogP contribution in [-0.2, 0) is 13.0 Å². The molecule has 0 radical (unpaired) electrons. The number of nitrogens with zero attached hydrogens (tertiary/aromatic N) is 1. The van der Waals surface area contributed by atoms with Gasteiger partial charge in [-0.05, 0) is 12.5 Å². The largest absolute Gasteiger partial charge is 0.338 e. The zero-order valence-electron chi connectivity index (χ0n) is 10.8. The second-order valence-electron chi connectivity index (χ2n) is 4.21. The standard InChI is InChI=1S/C14H17N3OS/c1-11-13(19-10-17-11)7-8-15-14(18)16-9-12-5-3-2-4-6-12/h2-6,10H,7-9H2,1H3,(H2,15,16,18). The lowest BCUT2D eigenvalue weighted by Gasteiger charge is -2.07. The fourth-order valence-electron chi connectivity index (χ4n) is 1.70. The van der Waals surface area contributed by atoms with Crippen LogP contribution in [0, 0.1) is 6.92 Å². The van der Waals surface area contributed by atoms with Crippen molar-refractivity contribution in [3.05, 3.63) is 52.0 Å².